The Morgan fingerprint density at radius 2 is 0.585 bits per heavy atom. The van der Waals surface area contributed by atoms with Crippen LogP contribution >= 0.6 is 34.8 Å². The van der Waals surface area contributed by atoms with E-state index in [-0.39, 0.29) is 56.1 Å². The predicted octanol–water partition coefficient (Wildman–Crippen LogP) is 21.0. The number of ether oxygens (including phenoxy) is 3. The molecule has 3 amide bonds. The lowest BCUT2D eigenvalue weighted by Crippen LogP contribution is -2.25. The van der Waals surface area contributed by atoms with Crippen LogP contribution in [0.2, 0.25) is 15.1 Å². The average Bonchev–Trinajstić information content (AvgIpc) is 0.819. The first-order chi connectivity index (χ1) is 50.1. The van der Waals surface area contributed by atoms with Crippen LogP contribution in [-0.2, 0) is 14.2 Å². The molecule has 11 aromatic carbocycles. The van der Waals surface area contributed by atoms with Crippen molar-refractivity contribution in [2.45, 2.75) is 86.0 Å². The minimum Gasteiger partial charge on any atom is -0.507 e. The van der Waals surface area contributed by atoms with Crippen molar-refractivity contribution in [2.24, 2.45) is 0 Å². The molecule has 0 fully saturated rings. The van der Waals surface area contributed by atoms with Gasteiger partial charge in [-0.1, -0.05) is 180 Å². The largest absolute Gasteiger partial charge is 0.507 e. The first-order valence-electron chi connectivity index (χ1n) is 33.2. The van der Waals surface area contributed by atoms with E-state index >= 15 is 0 Å². The monoisotopic (exact) mass is 1480 g/mol. The molecular weight excluding hydrogens is 1400 g/mol. The van der Waals surface area contributed by atoms with Crippen LogP contribution in [0.1, 0.15) is 140 Å². The Hall–Kier alpha value is -12.0. The van der Waals surface area contributed by atoms with Crippen molar-refractivity contribution >= 4 is 99.2 Å². The number of phenols is 2. The van der Waals surface area contributed by atoms with Gasteiger partial charge in [-0.15, -0.1) is 0 Å². The number of phenolic OH excluding ortho intramolecular Hbond substituents is 2. The highest BCUT2D eigenvalue weighted by Crippen LogP contribution is 2.34. The van der Waals surface area contributed by atoms with Crippen LogP contribution in [0, 0.1) is 6.92 Å². The lowest BCUT2D eigenvalue weighted by atomic mass is 10.0. The first kappa shape index (κ1) is 79.7. The van der Waals surface area contributed by atoms with Gasteiger partial charge in [-0.05, 0) is 222 Å². The van der Waals surface area contributed by atoms with Gasteiger partial charge in [0.05, 0.1) is 50.4 Å². The highest BCUT2D eigenvalue weighted by atomic mass is 35.5. The van der Waals surface area contributed by atoms with Crippen molar-refractivity contribution in [2.75, 3.05) is 21.7 Å². The Kier molecular flexibility index (Phi) is 26.6. The number of amides is 3. The number of nitrogens with two attached hydrogens (primary N) is 1. The van der Waals surface area contributed by atoms with Crippen LogP contribution in [0.5, 0.6) is 11.5 Å². The van der Waals surface area contributed by atoms with Crippen LogP contribution in [0.4, 0.5) is 22.7 Å². The topological polar surface area (TPSA) is 270 Å². The number of hydrogen-bond donors (Lipinski definition) is 7. The molecule has 11 rings (SSSR count). The Morgan fingerprint density at radius 3 is 0.887 bits per heavy atom. The van der Waals surface area contributed by atoms with Gasteiger partial charge in [0.1, 0.15) is 28.3 Å². The molecule has 0 spiro atoms. The minimum absolute atomic E-state index is 0.00384. The molecule has 8 N–H and O–H groups in total. The van der Waals surface area contributed by atoms with Crippen LogP contribution in [0.25, 0.3) is 44.5 Å². The van der Waals surface area contributed by atoms with E-state index in [4.69, 9.17) is 54.7 Å². The van der Waals surface area contributed by atoms with Crippen molar-refractivity contribution in [3.05, 3.63) is 308 Å². The first-order valence-corrected chi connectivity index (χ1v) is 34.4. The van der Waals surface area contributed by atoms with Gasteiger partial charge in [-0.2, -0.15) is 0 Å². The molecule has 0 radical (unpaired) electrons. The van der Waals surface area contributed by atoms with E-state index < -0.39 is 52.5 Å². The summed E-state index contributed by atoms with van der Waals surface area (Å²) >= 11 is 17.6. The summed E-state index contributed by atoms with van der Waals surface area (Å²) in [6.45, 7) is 18.0. The number of nitrogens with one attached hydrogen (secondary N) is 3. The maximum atomic E-state index is 12.9. The number of aromatic hydroxyl groups is 2. The molecule has 0 atom stereocenters. The molecule has 106 heavy (non-hydrogen) atoms. The number of nitrogen functional groups attached to an aromatic ring is 1. The fraction of sp³-hybridized carbons (Fsp3) is 0.151. The molecule has 0 bridgehead atoms. The standard InChI is InChI=1S/C25H24ClNO3.C24H22ClNO4.C20H14ClNO4.C17H19NO2/c1-16-14-19(26)11-13-20(16)23(28)27-22-15-18(17-8-6-5-7-9-17)10-12-21(22)24(29)30-25(2,3)4;1-24(2,3)30-23(29)18-11-9-16(15-7-5-4-6-8-15)13-20(18)26-22(28)19-12-10-17(25)14-21(19)27;21-14-7-9-16(18(23)11-14)19(24)22-17-10-13(6-8-15(17)20(25)26)12-4-2-1-3-5-12;1-17(2,3)20-16(19)14-10-9-13(11-15(14)18)12-7-5-4-6-8-12/h5-15H,1-4H3,(H,27,28);4-14,27H,1-3H3,(H,26,28);1-11,23H,(H,22,24)(H,25,26);4-11H,18H2,1-3H3. The second kappa shape index (κ2) is 35.4. The van der Waals surface area contributed by atoms with Crippen LogP contribution in [0.3, 0.4) is 0 Å². The highest BCUT2D eigenvalue weighted by Gasteiger charge is 2.26. The zero-order valence-electron chi connectivity index (χ0n) is 59.8. The normalized spacial score (nSPS) is 10.9. The van der Waals surface area contributed by atoms with Gasteiger partial charge in [-0.3, -0.25) is 14.4 Å². The molecular formula is C86H79Cl3N4O13. The number of carboxylic acids is 1. The molecule has 0 saturated heterocycles. The number of aromatic carboxylic acids is 1. The lowest BCUT2D eigenvalue weighted by Gasteiger charge is -2.21. The van der Waals surface area contributed by atoms with E-state index in [1.165, 1.54) is 42.5 Å². The van der Waals surface area contributed by atoms with Crippen LogP contribution in [-0.4, -0.2) is 73.7 Å². The van der Waals surface area contributed by atoms with Gasteiger partial charge in [0.2, 0.25) is 0 Å². The van der Waals surface area contributed by atoms with Crippen molar-refractivity contribution < 1.29 is 63.1 Å². The zero-order chi connectivity index (χ0) is 77.2. The number of anilines is 4. The van der Waals surface area contributed by atoms with Crippen molar-refractivity contribution in [3.63, 3.8) is 0 Å². The van der Waals surface area contributed by atoms with Gasteiger partial charge in [0, 0.05) is 26.3 Å². The molecule has 0 unspecified atom stereocenters. The average molecular weight is 1480 g/mol. The number of carboxylic acid groups (broad SMARTS) is 1. The summed E-state index contributed by atoms with van der Waals surface area (Å²) in [7, 11) is 0. The molecule has 0 aliphatic rings. The molecule has 11 aromatic rings. The van der Waals surface area contributed by atoms with E-state index in [1.54, 1.807) is 114 Å². The molecule has 542 valence electrons. The number of halogens is 3. The van der Waals surface area contributed by atoms with E-state index in [1.807, 2.05) is 161 Å². The summed E-state index contributed by atoms with van der Waals surface area (Å²) in [4.78, 5) is 87.2. The molecule has 0 saturated carbocycles. The summed E-state index contributed by atoms with van der Waals surface area (Å²) in [5.41, 5.74) is 14.8. The number of esters is 3. The summed E-state index contributed by atoms with van der Waals surface area (Å²) in [6, 6.07) is 72.5. The second-order valence-electron chi connectivity index (χ2n) is 27.0. The smallest absolute Gasteiger partial charge is 0.340 e. The van der Waals surface area contributed by atoms with E-state index in [2.05, 4.69) is 16.0 Å². The molecule has 0 aliphatic heterocycles. The molecule has 0 aromatic heterocycles. The third-order valence-electron chi connectivity index (χ3n) is 15.2. The number of rotatable bonds is 14. The number of aryl methyl sites for hydroxylation is 1. The molecule has 0 aliphatic carbocycles. The molecule has 17 nitrogen and oxygen atoms in total. The Morgan fingerprint density at radius 1 is 0.321 bits per heavy atom. The third-order valence-corrected chi connectivity index (χ3v) is 15.9. The molecule has 0 heterocycles. The Labute approximate surface area is 630 Å². The number of hydrogen-bond acceptors (Lipinski definition) is 13. The maximum absolute atomic E-state index is 12.9. The Bertz CT molecular complexity index is 4840. The SMILES string of the molecule is CC(C)(C)OC(=O)c1ccc(-c2ccccc2)cc1N.CC(C)(C)OC(=O)c1ccc(-c2ccccc2)cc1NC(=O)c1ccc(Cl)cc1O.Cc1cc(Cl)ccc1C(=O)Nc1cc(-c2ccccc2)ccc1C(=O)OC(C)(C)C.O=C(Nc1cc(-c2ccccc2)ccc1C(=O)O)c1ccc(Cl)cc1O. The van der Waals surface area contributed by atoms with Gasteiger partial charge in [-0.25, -0.2) is 19.2 Å². The summed E-state index contributed by atoms with van der Waals surface area (Å²) < 4.78 is 16.3. The second-order valence-corrected chi connectivity index (χ2v) is 28.3. The van der Waals surface area contributed by atoms with Crippen molar-refractivity contribution in [3.8, 4) is 56.0 Å². The van der Waals surface area contributed by atoms with Gasteiger partial charge in [0.15, 0.2) is 0 Å². The quantitative estimate of drug-likeness (QED) is 0.0303. The maximum Gasteiger partial charge on any atom is 0.340 e. The fourth-order valence-corrected chi connectivity index (χ4v) is 10.9. The number of carbonyl (C=O) groups excluding carboxylic acids is 6. The van der Waals surface area contributed by atoms with Gasteiger partial charge >= 0.3 is 23.9 Å². The summed E-state index contributed by atoms with van der Waals surface area (Å²) in [6.07, 6.45) is 0. The van der Waals surface area contributed by atoms with Crippen LogP contribution < -0.4 is 21.7 Å². The van der Waals surface area contributed by atoms with E-state index in [0.717, 1.165) is 50.1 Å². The van der Waals surface area contributed by atoms with Crippen LogP contribution in [0.15, 0.2) is 249 Å². The minimum atomic E-state index is -1.17. The van der Waals surface area contributed by atoms with Crippen molar-refractivity contribution in [1.29, 1.82) is 0 Å². The van der Waals surface area contributed by atoms with Crippen molar-refractivity contribution in [1.82, 2.24) is 0 Å². The number of benzene rings is 11. The van der Waals surface area contributed by atoms with Gasteiger partial charge < -0.3 is 51.2 Å². The number of carbonyl (C=O) groups is 7. The zero-order valence-corrected chi connectivity index (χ0v) is 62.1. The fourth-order valence-electron chi connectivity index (χ4n) is 10.3. The van der Waals surface area contributed by atoms with E-state index in [0.29, 0.717) is 38.1 Å². The third kappa shape index (κ3) is 23.0. The predicted molar refractivity (Wildman–Crippen MR) is 421 cm³/mol. The van der Waals surface area contributed by atoms with E-state index in [9.17, 15) is 48.9 Å². The Balaban J connectivity index is 0.000000180. The van der Waals surface area contributed by atoms with Gasteiger partial charge in [0.25, 0.3) is 17.7 Å². The highest BCUT2D eigenvalue weighted by molar-refractivity contribution is 6.31. The summed E-state index contributed by atoms with van der Waals surface area (Å²) in [5.74, 6) is -4.67. The summed E-state index contributed by atoms with van der Waals surface area (Å²) in [5, 5.41) is 38.7. The lowest BCUT2D eigenvalue weighted by molar-refractivity contribution is 0.00580. The molecule has 20 heteroatoms.